The lowest BCUT2D eigenvalue weighted by molar-refractivity contribution is -0.139. The summed E-state index contributed by atoms with van der Waals surface area (Å²) in [5, 5.41) is 3.17. The Hall–Kier alpha value is -2.28. The first-order chi connectivity index (χ1) is 14.9. The van der Waals surface area contributed by atoms with Crippen LogP contribution < -0.4 is 10.1 Å². The second-order valence-corrected chi connectivity index (χ2v) is 9.09. The van der Waals surface area contributed by atoms with Crippen molar-refractivity contribution in [2.45, 2.75) is 45.4 Å². The van der Waals surface area contributed by atoms with Crippen LogP contribution in [-0.4, -0.2) is 66.9 Å². The van der Waals surface area contributed by atoms with Gasteiger partial charge in [-0.15, -0.1) is 0 Å². The van der Waals surface area contributed by atoms with Gasteiger partial charge >= 0.3 is 0 Å². The van der Waals surface area contributed by atoms with E-state index in [0.29, 0.717) is 49.7 Å². The van der Waals surface area contributed by atoms with E-state index in [-0.39, 0.29) is 29.7 Å². The first-order valence-corrected chi connectivity index (χ1v) is 11.4. The molecule has 1 aromatic carbocycles. The van der Waals surface area contributed by atoms with Crippen LogP contribution in [0.3, 0.4) is 0 Å². The maximum absolute atomic E-state index is 13.1. The highest BCUT2D eigenvalue weighted by molar-refractivity contribution is 6.30. The number of halogens is 1. The van der Waals surface area contributed by atoms with Crippen molar-refractivity contribution in [2.75, 3.05) is 39.3 Å². The van der Waals surface area contributed by atoms with Crippen LogP contribution in [0.1, 0.15) is 45.4 Å². The Bertz CT molecular complexity index is 787. The number of carbonyl (C=O) groups is 3. The second-order valence-electron chi connectivity index (χ2n) is 8.65. The lowest BCUT2D eigenvalue weighted by atomic mass is 9.75. The van der Waals surface area contributed by atoms with Gasteiger partial charge in [0.05, 0.1) is 13.2 Å². The Kier molecular flexibility index (Phi) is 8.18. The Labute approximate surface area is 189 Å². The SMILES string of the molecule is CC(=O)NCC(=O)N1CCC(COc2cccc(Cl)c2)(CC(=O)N2CCCCC2)CC1. The van der Waals surface area contributed by atoms with Gasteiger partial charge in [0, 0.05) is 50.0 Å². The molecule has 8 heteroatoms. The minimum Gasteiger partial charge on any atom is -0.493 e. The van der Waals surface area contributed by atoms with Crippen molar-refractivity contribution in [2.24, 2.45) is 5.41 Å². The zero-order chi connectivity index (χ0) is 22.3. The average Bonchev–Trinajstić information content (AvgIpc) is 2.77. The van der Waals surface area contributed by atoms with E-state index in [0.717, 1.165) is 25.9 Å². The summed E-state index contributed by atoms with van der Waals surface area (Å²) in [6.45, 7) is 4.55. The predicted molar refractivity (Wildman–Crippen MR) is 119 cm³/mol. The molecule has 2 aliphatic rings. The number of hydrogen-bond acceptors (Lipinski definition) is 4. The van der Waals surface area contributed by atoms with Gasteiger partial charge in [-0.25, -0.2) is 0 Å². The molecule has 0 saturated carbocycles. The van der Waals surface area contributed by atoms with E-state index < -0.39 is 0 Å². The number of amides is 3. The van der Waals surface area contributed by atoms with Crippen LogP contribution >= 0.6 is 11.6 Å². The Morgan fingerprint density at radius 1 is 1.03 bits per heavy atom. The lowest BCUT2D eigenvalue weighted by Gasteiger charge is -2.42. The third-order valence-corrected chi connectivity index (χ3v) is 6.48. The fourth-order valence-electron chi connectivity index (χ4n) is 4.28. The molecule has 2 fully saturated rings. The number of rotatable bonds is 7. The first-order valence-electron chi connectivity index (χ1n) is 11.1. The van der Waals surface area contributed by atoms with Gasteiger partial charge in [0.15, 0.2) is 0 Å². The number of nitrogens with one attached hydrogen (secondary N) is 1. The van der Waals surface area contributed by atoms with E-state index in [2.05, 4.69) is 5.32 Å². The number of benzene rings is 1. The summed E-state index contributed by atoms with van der Waals surface area (Å²) in [7, 11) is 0. The van der Waals surface area contributed by atoms with Crippen molar-refractivity contribution < 1.29 is 19.1 Å². The third kappa shape index (κ3) is 6.86. The van der Waals surface area contributed by atoms with Crippen LogP contribution in [0, 0.1) is 5.41 Å². The summed E-state index contributed by atoms with van der Waals surface area (Å²) in [4.78, 5) is 40.3. The molecule has 0 bridgehead atoms. The normalized spacial score (nSPS) is 18.4. The predicted octanol–water partition coefficient (Wildman–Crippen LogP) is 2.87. The van der Waals surface area contributed by atoms with Crippen LogP contribution in [0.4, 0.5) is 0 Å². The summed E-state index contributed by atoms with van der Waals surface area (Å²) in [6.07, 6.45) is 5.07. The molecular weight excluding hydrogens is 418 g/mol. The van der Waals surface area contributed by atoms with Crippen molar-refractivity contribution in [3.8, 4) is 5.75 Å². The van der Waals surface area contributed by atoms with Crippen molar-refractivity contribution in [1.82, 2.24) is 15.1 Å². The summed E-state index contributed by atoms with van der Waals surface area (Å²) in [5.74, 6) is 0.539. The second kappa shape index (κ2) is 10.8. The molecule has 3 amide bonds. The minimum absolute atomic E-state index is 0.00799. The van der Waals surface area contributed by atoms with Gasteiger partial charge in [-0.1, -0.05) is 17.7 Å². The molecule has 3 rings (SSSR count). The summed E-state index contributed by atoms with van der Waals surface area (Å²) in [6, 6.07) is 7.27. The van der Waals surface area contributed by atoms with Crippen molar-refractivity contribution in [1.29, 1.82) is 0 Å². The quantitative estimate of drug-likeness (QED) is 0.694. The van der Waals surface area contributed by atoms with Gasteiger partial charge in [-0.05, 0) is 50.3 Å². The van der Waals surface area contributed by atoms with E-state index in [1.165, 1.54) is 13.3 Å². The number of ether oxygens (including phenoxy) is 1. The van der Waals surface area contributed by atoms with E-state index in [1.807, 2.05) is 17.0 Å². The molecule has 7 nitrogen and oxygen atoms in total. The molecule has 2 heterocycles. The Morgan fingerprint density at radius 2 is 1.71 bits per heavy atom. The highest BCUT2D eigenvalue weighted by Gasteiger charge is 2.39. The summed E-state index contributed by atoms with van der Waals surface area (Å²) >= 11 is 6.08. The zero-order valence-corrected chi connectivity index (χ0v) is 19.0. The standard InChI is InChI=1S/C23H32ClN3O4/c1-18(28)25-16-22(30)27-12-8-23(9-13-27,15-21(29)26-10-3-2-4-11-26)17-31-20-7-5-6-19(24)14-20/h5-7,14H,2-4,8-13,15-17H2,1H3,(H,25,28). The number of carbonyl (C=O) groups excluding carboxylic acids is 3. The van der Waals surface area contributed by atoms with Crippen LogP contribution in [-0.2, 0) is 14.4 Å². The molecule has 2 saturated heterocycles. The minimum atomic E-state index is -0.332. The van der Waals surface area contributed by atoms with E-state index in [9.17, 15) is 14.4 Å². The van der Waals surface area contributed by atoms with Crippen molar-refractivity contribution in [3.05, 3.63) is 29.3 Å². The number of likely N-dealkylation sites (tertiary alicyclic amines) is 2. The third-order valence-electron chi connectivity index (χ3n) is 6.24. The number of piperidine rings is 2. The first kappa shape index (κ1) is 23.4. The largest absolute Gasteiger partial charge is 0.493 e. The van der Waals surface area contributed by atoms with Crippen LogP contribution in [0.5, 0.6) is 5.75 Å². The van der Waals surface area contributed by atoms with Gasteiger partial charge in [0.25, 0.3) is 0 Å². The summed E-state index contributed by atoms with van der Waals surface area (Å²) in [5.41, 5.74) is -0.332. The van der Waals surface area contributed by atoms with E-state index >= 15 is 0 Å². The van der Waals surface area contributed by atoms with Crippen LogP contribution in [0.25, 0.3) is 0 Å². The molecule has 1 N–H and O–H groups in total. The fraction of sp³-hybridized carbons (Fsp3) is 0.609. The topological polar surface area (TPSA) is 79.0 Å². The maximum atomic E-state index is 13.1. The molecule has 31 heavy (non-hydrogen) atoms. The number of nitrogens with zero attached hydrogens (tertiary/aromatic N) is 2. The molecule has 0 aromatic heterocycles. The molecule has 170 valence electrons. The van der Waals surface area contributed by atoms with Gasteiger partial charge in [0.1, 0.15) is 5.75 Å². The monoisotopic (exact) mass is 449 g/mol. The smallest absolute Gasteiger partial charge is 0.241 e. The van der Waals surface area contributed by atoms with Crippen molar-refractivity contribution >= 4 is 29.3 Å². The van der Waals surface area contributed by atoms with E-state index in [4.69, 9.17) is 16.3 Å². The van der Waals surface area contributed by atoms with Crippen molar-refractivity contribution in [3.63, 3.8) is 0 Å². The van der Waals surface area contributed by atoms with Crippen LogP contribution in [0.15, 0.2) is 24.3 Å². The summed E-state index contributed by atoms with van der Waals surface area (Å²) < 4.78 is 6.08. The van der Waals surface area contributed by atoms with Gasteiger partial charge in [-0.3, -0.25) is 14.4 Å². The molecule has 0 spiro atoms. The highest BCUT2D eigenvalue weighted by atomic mass is 35.5. The van der Waals surface area contributed by atoms with Gasteiger partial charge in [0.2, 0.25) is 17.7 Å². The van der Waals surface area contributed by atoms with E-state index in [1.54, 1.807) is 17.0 Å². The molecule has 0 aliphatic carbocycles. The number of hydrogen-bond donors (Lipinski definition) is 1. The molecule has 1 aromatic rings. The molecule has 0 atom stereocenters. The zero-order valence-electron chi connectivity index (χ0n) is 18.2. The molecule has 0 unspecified atom stereocenters. The highest BCUT2D eigenvalue weighted by Crippen LogP contribution is 2.37. The molecular formula is C23H32ClN3O4. The molecule has 2 aliphatic heterocycles. The van der Waals surface area contributed by atoms with Gasteiger partial charge in [-0.2, -0.15) is 0 Å². The molecule has 0 radical (unpaired) electrons. The van der Waals surface area contributed by atoms with Gasteiger partial charge < -0.3 is 19.9 Å². The average molecular weight is 450 g/mol. The maximum Gasteiger partial charge on any atom is 0.241 e. The fourth-order valence-corrected chi connectivity index (χ4v) is 4.46. The van der Waals surface area contributed by atoms with Crippen LogP contribution in [0.2, 0.25) is 5.02 Å². The Morgan fingerprint density at radius 3 is 2.35 bits per heavy atom. The Balaban J connectivity index is 1.65. The lowest BCUT2D eigenvalue weighted by Crippen LogP contribution is -2.50.